The minimum atomic E-state index is -4.25. The first-order valence-corrected chi connectivity index (χ1v) is 12.9. The van der Waals surface area contributed by atoms with Gasteiger partial charge >= 0.3 is 0 Å². The number of allylic oxidation sites excluding steroid dienone is 4. The van der Waals surface area contributed by atoms with Crippen molar-refractivity contribution in [1.29, 1.82) is 0 Å². The fourth-order valence-corrected chi connectivity index (χ4v) is 4.07. The number of benzene rings is 2. The summed E-state index contributed by atoms with van der Waals surface area (Å²) >= 11 is 0. The van der Waals surface area contributed by atoms with Crippen molar-refractivity contribution in [3.8, 4) is 11.7 Å². The molecule has 0 aliphatic carbocycles. The number of nitrogens with zero attached hydrogens (tertiary/aromatic N) is 6. The average molecular weight is 533 g/mol. The van der Waals surface area contributed by atoms with Gasteiger partial charge in [0.2, 0.25) is 15.8 Å². The number of fused-ring (bicyclic) bond motifs is 1. The van der Waals surface area contributed by atoms with Crippen LogP contribution < -0.4 is 10.5 Å². The highest BCUT2D eigenvalue weighted by atomic mass is 32.2. The first kappa shape index (κ1) is 26.3. The Morgan fingerprint density at radius 3 is 2.63 bits per heavy atom. The molecule has 0 radical (unpaired) electrons. The number of hydrogen-bond acceptors (Lipinski definition) is 9. The molecular formula is C25H24N8O4S. The molecule has 4 rings (SSSR count). The van der Waals surface area contributed by atoms with E-state index in [1.807, 2.05) is 19.1 Å². The second-order valence-corrected chi connectivity index (χ2v) is 9.55. The Morgan fingerprint density at radius 1 is 1.18 bits per heavy atom. The molecule has 0 fully saturated rings. The average Bonchev–Trinajstić information content (AvgIpc) is 3.33. The van der Waals surface area contributed by atoms with Crippen LogP contribution in [0.3, 0.4) is 0 Å². The van der Waals surface area contributed by atoms with Gasteiger partial charge in [0.05, 0.1) is 11.8 Å². The molecule has 1 amide bonds. The summed E-state index contributed by atoms with van der Waals surface area (Å²) in [4.78, 5) is 20.7. The molecule has 4 N–H and O–H groups in total. The number of hydrogen-bond donors (Lipinski definition) is 3. The molecule has 2 aromatic heterocycles. The predicted molar refractivity (Wildman–Crippen MR) is 141 cm³/mol. The number of sulfonamides is 1. The largest absolute Gasteiger partial charge is 0.505 e. The zero-order chi connectivity index (χ0) is 27.3. The molecule has 0 spiro atoms. The maximum absolute atomic E-state index is 13.0. The van der Waals surface area contributed by atoms with Gasteiger partial charge in [0.15, 0.2) is 5.75 Å². The normalized spacial score (nSPS) is 12.6. The lowest BCUT2D eigenvalue weighted by Gasteiger charge is -2.11. The first-order valence-electron chi connectivity index (χ1n) is 11.4. The van der Waals surface area contributed by atoms with Gasteiger partial charge in [-0.1, -0.05) is 43.3 Å². The number of aromatic nitrogens is 4. The van der Waals surface area contributed by atoms with Crippen molar-refractivity contribution in [3.05, 3.63) is 84.5 Å². The molecule has 4 aromatic rings. The van der Waals surface area contributed by atoms with Crippen LogP contribution in [-0.2, 0) is 10.0 Å². The van der Waals surface area contributed by atoms with E-state index in [4.69, 9.17) is 5.14 Å². The third-order valence-electron chi connectivity index (χ3n) is 5.27. The van der Waals surface area contributed by atoms with Crippen LogP contribution in [0.25, 0.3) is 16.7 Å². The van der Waals surface area contributed by atoms with Crippen molar-refractivity contribution < 1.29 is 18.3 Å². The fraction of sp³-hybridized carbons (Fsp3) is 0.120. The topological polar surface area (TPSA) is 178 Å². The first-order chi connectivity index (χ1) is 18.2. The number of aromatic hydroxyl groups is 1. The van der Waals surface area contributed by atoms with E-state index in [9.17, 15) is 18.3 Å². The van der Waals surface area contributed by atoms with Gasteiger partial charge in [-0.25, -0.2) is 23.5 Å². The summed E-state index contributed by atoms with van der Waals surface area (Å²) in [6.07, 6.45) is 10.2. The van der Waals surface area contributed by atoms with E-state index >= 15 is 0 Å². The summed E-state index contributed by atoms with van der Waals surface area (Å²) < 4.78 is 25.5. The molecule has 0 aliphatic rings. The molecule has 0 aliphatic heterocycles. The lowest BCUT2D eigenvalue weighted by Crippen LogP contribution is -2.21. The Kier molecular flexibility index (Phi) is 7.69. The van der Waals surface area contributed by atoms with Crippen LogP contribution in [0.5, 0.6) is 5.75 Å². The smallest absolute Gasteiger partial charge is 0.259 e. The van der Waals surface area contributed by atoms with E-state index in [-0.39, 0.29) is 23.0 Å². The van der Waals surface area contributed by atoms with Gasteiger partial charge in [0.25, 0.3) is 11.9 Å². The fourth-order valence-electron chi connectivity index (χ4n) is 3.49. The molecule has 12 nitrogen and oxygen atoms in total. The molecule has 194 valence electrons. The number of rotatable bonds is 8. The number of carbonyl (C=O) groups excluding carboxylic acids is 1. The van der Waals surface area contributed by atoms with E-state index in [1.54, 1.807) is 43.3 Å². The SMILES string of the molecule is CCC=CC=C(C)NC(=O)c1cc2ccccc2c(N=Nc2c(S(N)(=O)=O)cnn2-c2ncccn2)c1O. The predicted octanol–water partition coefficient (Wildman–Crippen LogP) is 4.18. The zero-order valence-corrected chi connectivity index (χ0v) is 21.3. The van der Waals surface area contributed by atoms with Crippen molar-refractivity contribution >= 4 is 38.2 Å². The highest BCUT2D eigenvalue weighted by molar-refractivity contribution is 7.89. The van der Waals surface area contributed by atoms with Crippen LogP contribution >= 0.6 is 0 Å². The summed E-state index contributed by atoms with van der Waals surface area (Å²) in [5.41, 5.74) is 0.472. The van der Waals surface area contributed by atoms with Gasteiger partial charge in [-0.15, -0.1) is 10.2 Å². The highest BCUT2D eigenvalue weighted by Gasteiger charge is 2.23. The van der Waals surface area contributed by atoms with Crippen molar-refractivity contribution in [2.75, 3.05) is 0 Å². The number of amides is 1. The lowest BCUT2D eigenvalue weighted by molar-refractivity contribution is 0.0963. The van der Waals surface area contributed by atoms with E-state index in [2.05, 4.69) is 30.6 Å². The Labute approximate surface area is 218 Å². The second kappa shape index (κ2) is 11.1. The number of azo groups is 1. The Hall–Kier alpha value is -4.75. The van der Waals surface area contributed by atoms with E-state index < -0.39 is 26.6 Å². The van der Waals surface area contributed by atoms with Crippen LogP contribution in [0.4, 0.5) is 11.5 Å². The molecule has 2 heterocycles. The molecule has 0 saturated heterocycles. The molecule has 13 heteroatoms. The summed E-state index contributed by atoms with van der Waals surface area (Å²) in [5, 5.41) is 32.5. The van der Waals surface area contributed by atoms with Gasteiger partial charge in [-0.2, -0.15) is 9.78 Å². The highest BCUT2D eigenvalue weighted by Crippen LogP contribution is 2.40. The molecule has 0 unspecified atom stereocenters. The van der Waals surface area contributed by atoms with Gasteiger partial charge in [-0.05, 0) is 36.9 Å². The van der Waals surface area contributed by atoms with Crippen LogP contribution in [0.15, 0.2) is 94.0 Å². The van der Waals surface area contributed by atoms with E-state index in [1.165, 1.54) is 18.5 Å². The minimum Gasteiger partial charge on any atom is -0.505 e. The second-order valence-electron chi connectivity index (χ2n) is 8.02. The van der Waals surface area contributed by atoms with Crippen LogP contribution in [0.2, 0.25) is 0 Å². The van der Waals surface area contributed by atoms with Gasteiger partial charge < -0.3 is 10.4 Å². The van der Waals surface area contributed by atoms with Crippen molar-refractivity contribution in [1.82, 2.24) is 25.1 Å². The van der Waals surface area contributed by atoms with E-state index in [0.29, 0.717) is 16.5 Å². The minimum absolute atomic E-state index is 0.0259. The number of carbonyl (C=O) groups is 1. The number of phenolic OH excluding ortho intramolecular Hbond substituents is 1. The number of nitrogens with two attached hydrogens (primary N) is 1. The van der Waals surface area contributed by atoms with Gasteiger partial charge in [-0.3, -0.25) is 4.79 Å². The van der Waals surface area contributed by atoms with Crippen molar-refractivity contribution in [2.45, 2.75) is 25.2 Å². The number of nitrogens with one attached hydrogen (secondary N) is 1. The quantitative estimate of drug-likeness (QED) is 0.225. The molecule has 0 bridgehead atoms. The summed E-state index contributed by atoms with van der Waals surface area (Å²) in [7, 11) is -4.25. The zero-order valence-electron chi connectivity index (χ0n) is 20.5. The third-order valence-corrected chi connectivity index (χ3v) is 6.17. The molecule has 2 aromatic carbocycles. The third kappa shape index (κ3) is 5.63. The molecule has 0 atom stereocenters. The number of phenols is 1. The Morgan fingerprint density at radius 2 is 1.92 bits per heavy atom. The van der Waals surface area contributed by atoms with Crippen molar-refractivity contribution in [2.24, 2.45) is 15.4 Å². The Balaban J connectivity index is 1.84. The van der Waals surface area contributed by atoms with E-state index in [0.717, 1.165) is 17.3 Å². The molecular weight excluding hydrogens is 508 g/mol. The van der Waals surface area contributed by atoms with Crippen LogP contribution in [0, 0.1) is 0 Å². The monoisotopic (exact) mass is 532 g/mol. The van der Waals surface area contributed by atoms with Gasteiger partial charge in [0.1, 0.15) is 10.6 Å². The maximum atomic E-state index is 13.0. The summed E-state index contributed by atoms with van der Waals surface area (Å²) in [6.45, 7) is 3.71. The van der Waals surface area contributed by atoms with Gasteiger partial charge in [0, 0.05) is 23.5 Å². The Bertz CT molecular complexity index is 1690. The number of primary sulfonamides is 1. The molecule has 38 heavy (non-hydrogen) atoms. The summed E-state index contributed by atoms with van der Waals surface area (Å²) in [5.74, 6) is -1.26. The van der Waals surface area contributed by atoms with Crippen LogP contribution in [-0.4, -0.2) is 39.2 Å². The maximum Gasteiger partial charge on any atom is 0.259 e. The standard InChI is InChI=1S/C25H24N8O4S/c1-3-4-5-9-16(2)30-24(35)19-14-17-10-6-7-11-18(17)21(22(19)34)31-32-23-20(38(26,36)37)15-29-33(23)25-27-12-8-13-28-25/h4-15,34H,3H2,1-2H3,(H,30,35)(H2,26,36,37). The van der Waals surface area contributed by atoms with Crippen molar-refractivity contribution in [3.63, 3.8) is 0 Å². The summed E-state index contributed by atoms with van der Waals surface area (Å²) in [6, 6.07) is 10.0. The molecule has 0 saturated carbocycles. The van der Waals surface area contributed by atoms with Crippen LogP contribution in [0.1, 0.15) is 30.6 Å². The lowest BCUT2D eigenvalue weighted by atomic mass is 10.0.